The van der Waals surface area contributed by atoms with Crippen LogP contribution in [0.4, 0.5) is 5.69 Å². The molecule has 0 fully saturated rings. The molecule has 4 N–H and O–H groups in total. The van der Waals surface area contributed by atoms with Crippen LogP contribution in [0.3, 0.4) is 0 Å². The number of nitrogens with two attached hydrogens (primary N) is 1. The van der Waals surface area contributed by atoms with Crippen molar-refractivity contribution in [2.75, 3.05) is 5.73 Å². The van der Waals surface area contributed by atoms with Gasteiger partial charge in [-0.1, -0.05) is 25.3 Å². The first-order valence-corrected chi connectivity index (χ1v) is 7.25. The number of phenolic OH excluding ortho intramolecular Hbond substituents is 1. The van der Waals surface area contributed by atoms with Crippen LogP contribution < -0.4 is 11.1 Å². The number of nitrogens with one attached hydrogen (secondary N) is 1. The number of nitrogen functional groups attached to an aromatic ring is 1. The summed E-state index contributed by atoms with van der Waals surface area (Å²) in [6.45, 7) is 6.12. The lowest BCUT2D eigenvalue weighted by Crippen LogP contribution is -2.25. The molecule has 21 heavy (non-hydrogen) atoms. The van der Waals surface area contributed by atoms with Crippen molar-refractivity contribution in [3.63, 3.8) is 0 Å². The number of carbonyl (C=O) groups is 1. The van der Waals surface area contributed by atoms with E-state index in [4.69, 9.17) is 5.73 Å². The van der Waals surface area contributed by atoms with Gasteiger partial charge in [-0.25, -0.2) is 0 Å². The van der Waals surface area contributed by atoms with Crippen molar-refractivity contribution in [3.05, 3.63) is 34.3 Å². The van der Waals surface area contributed by atoms with E-state index < -0.39 is 0 Å². The van der Waals surface area contributed by atoms with Crippen LogP contribution in [0.1, 0.15) is 41.7 Å². The second-order valence-electron chi connectivity index (χ2n) is 5.77. The highest BCUT2D eigenvalue weighted by atomic mass is 32.1. The third-order valence-corrected chi connectivity index (χ3v) is 3.67. The van der Waals surface area contributed by atoms with Crippen LogP contribution >= 0.6 is 11.5 Å². The summed E-state index contributed by atoms with van der Waals surface area (Å²) < 4.78 is 3.86. The number of anilines is 1. The molecule has 0 bridgehead atoms. The smallest absolute Gasteiger partial charge is 0.265 e. The molecule has 7 heteroatoms. The standard InChI is InChI=1S/C14H18N4O2S/c1-14(2,3)12-11(21-18-17-12)13(20)16-7-8-6-9(15)4-5-10(8)19/h4-6,19H,7,15H2,1-3H3,(H,16,20). The van der Waals surface area contributed by atoms with Gasteiger partial charge in [-0.3, -0.25) is 4.79 Å². The maximum Gasteiger partial charge on any atom is 0.265 e. The Hall–Kier alpha value is -2.15. The largest absolute Gasteiger partial charge is 0.508 e. The molecular weight excluding hydrogens is 288 g/mol. The van der Waals surface area contributed by atoms with E-state index in [1.807, 2.05) is 20.8 Å². The quantitative estimate of drug-likeness (QED) is 0.595. The Balaban J connectivity index is 2.13. The molecule has 2 aromatic rings. The summed E-state index contributed by atoms with van der Waals surface area (Å²) in [5.74, 6) is -0.153. The second kappa shape index (κ2) is 5.69. The molecule has 1 amide bonds. The molecule has 1 heterocycles. The summed E-state index contributed by atoms with van der Waals surface area (Å²) in [6, 6.07) is 4.74. The average molecular weight is 306 g/mol. The zero-order valence-corrected chi connectivity index (χ0v) is 13.0. The van der Waals surface area contributed by atoms with Crippen LogP contribution in [0.5, 0.6) is 5.75 Å². The fourth-order valence-corrected chi connectivity index (χ4v) is 2.63. The number of hydrogen-bond donors (Lipinski definition) is 3. The van der Waals surface area contributed by atoms with Gasteiger partial charge < -0.3 is 16.2 Å². The van der Waals surface area contributed by atoms with E-state index >= 15 is 0 Å². The van der Waals surface area contributed by atoms with Crippen LogP contribution in [0.25, 0.3) is 0 Å². The lowest BCUT2D eigenvalue weighted by Gasteiger charge is -2.16. The van der Waals surface area contributed by atoms with Gasteiger partial charge in [-0.05, 0) is 29.7 Å². The zero-order valence-electron chi connectivity index (χ0n) is 12.2. The number of rotatable bonds is 3. The van der Waals surface area contributed by atoms with Crippen molar-refractivity contribution in [2.24, 2.45) is 0 Å². The van der Waals surface area contributed by atoms with Crippen molar-refractivity contribution < 1.29 is 9.90 Å². The molecular formula is C14H18N4O2S. The molecule has 0 aliphatic carbocycles. The molecule has 2 rings (SSSR count). The van der Waals surface area contributed by atoms with E-state index in [2.05, 4.69) is 14.9 Å². The molecule has 1 aromatic heterocycles. The van der Waals surface area contributed by atoms with E-state index in [9.17, 15) is 9.90 Å². The number of carbonyl (C=O) groups excluding carboxylic acids is 1. The van der Waals surface area contributed by atoms with Crippen LogP contribution in [-0.2, 0) is 12.0 Å². The van der Waals surface area contributed by atoms with Crippen molar-refractivity contribution in [3.8, 4) is 5.75 Å². The summed E-state index contributed by atoms with van der Waals surface area (Å²) in [6.07, 6.45) is 0. The normalized spacial score (nSPS) is 11.4. The Morgan fingerprint density at radius 1 is 1.43 bits per heavy atom. The van der Waals surface area contributed by atoms with E-state index in [1.54, 1.807) is 12.1 Å². The van der Waals surface area contributed by atoms with Crippen LogP contribution in [0.2, 0.25) is 0 Å². The van der Waals surface area contributed by atoms with E-state index in [0.29, 0.717) is 21.8 Å². The maximum atomic E-state index is 12.2. The van der Waals surface area contributed by atoms with Gasteiger partial charge in [0.25, 0.3) is 5.91 Å². The Morgan fingerprint density at radius 3 is 2.81 bits per heavy atom. The molecule has 0 radical (unpaired) electrons. The zero-order chi connectivity index (χ0) is 15.6. The molecule has 6 nitrogen and oxygen atoms in total. The molecule has 0 saturated heterocycles. The SMILES string of the molecule is CC(C)(C)c1nnsc1C(=O)NCc1cc(N)ccc1O. The first-order chi connectivity index (χ1) is 9.79. The number of phenols is 1. The molecule has 0 unspecified atom stereocenters. The molecule has 0 atom stereocenters. The number of amides is 1. The van der Waals surface area contributed by atoms with E-state index in [1.165, 1.54) is 6.07 Å². The molecule has 0 spiro atoms. The minimum absolute atomic E-state index is 0.1000. The second-order valence-corrected chi connectivity index (χ2v) is 6.53. The predicted octanol–water partition coefficient (Wildman–Crippen LogP) is 2.05. The third kappa shape index (κ3) is 3.49. The first-order valence-electron chi connectivity index (χ1n) is 6.47. The number of aromatic nitrogens is 2. The van der Waals surface area contributed by atoms with Gasteiger partial charge in [0, 0.05) is 23.2 Å². The van der Waals surface area contributed by atoms with Gasteiger partial charge in [0.2, 0.25) is 0 Å². The molecule has 0 aliphatic rings. The fourth-order valence-electron chi connectivity index (χ4n) is 1.83. The molecule has 0 aliphatic heterocycles. The Kier molecular flexibility index (Phi) is 4.13. The summed E-state index contributed by atoms with van der Waals surface area (Å²) in [5, 5.41) is 16.5. The number of aromatic hydroxyl groups is 1. The van der Waals surface area contributed by atoms with Crippen LogP contribution in [-0.4, -0.2) is 20.6 Å². The van der Waals surface area contributed by atoms with Crippen molar-refractivity contribution >= 4 is 23.1 Å². The Labute approximate surface area is 127 Å². The highest BCUT2D eigenvalue weighted by molar-refractivity contribution is 7.08. The predicted molar refractivity (Wildman–Crippen MR) is 82.3 cm³/mol. The van der Waals surface area contributed by atoms with Gasteiger partial charge in [0.05, 0.1) is 5.69 Å². The minimum Gasteiger partial charge on any atom is -0.508 e. The topological polar surface area (TPSA) is 101 Å². The molecule has 1 aromatic carbocycles. The van der Waals surface area contributed by atoms with Gasteiger partial charge >= 0.3 is 0 Å². The average Bonchev–Trinajstić information content (AvgIpc) is 2.88. The molecule has 0 saturated carbocycles. The number of benzene rings is 1. The minimum atomic E-state index is -0.253. The van der Waals surface area contributed by atoms with E-state index in [-0.39, 0.29) is 23.6 Å². The summed E-state index contributed by atoms with van der Waals surface area (Å²) in [4.78, 5) is 12.7. The Bertz CT molecular complexity index is 661. The van der Waals surface area contributed by atoms with Gasteiger partial charge in [0.15, 0.2) is 0 Å². The maximum absolute atomic E-state index is 12.2. The lowest BCUT2D eigenvalue weighted by molar-refractivity contribution is 0.0952. The number of hydrogen-bond acceptors (Lipinski definition) is 6. The summed E-state index contributed by atoms with van der Waals surface area (Å²) in [7, 11) is 0. The van der Waals surface area contributed by atoms with Crippen LogP contribution in [0, 0.1) is 0 Å². The molecule has 112 valence electrons. The van der Waals surface area contributed by atoms with Gasteiger partial charge in [-0.2, -0.15) is 0 Å². The summed E-state index contributed by atoms with van der Waals surface area (Å²) >= 11 is 1.07. The van der Waals surface area contributed by atoms with Crippen molar-refractivity contribution in [1.82, 2.24) is 14.9 Å². The first kappa shape index (κ1) is 15.2. The summed E-state index contributed by atoms with van der Waals surface area (Å²) in [5.41, 5.74) is 7.19. The van der Waals surface area contributed by atoms with Gasteiger partial charge in [-0.15, -0.1) is 5.10 Å². The lowest BCUT2D eigenvalue weighted by atomic mass is 9.91. The van der Waals surface area contributed by atoms with E-state index in [0.717, 1.165) is 11.5 Å². The highest BCUT2D eigenvalue weighted by Crippen LogP contribution is 2.26. The van der Waals surface area contributed by atoms with Crippen LogP contribution in [0.15, 0.2) is 18.2 Å². The Morgan fingerprint density at radius 2 is 2.14 bits per heavy atom. The highest BCUT2D eigenvalue weighted by Gasteiger charge is 2.26. The van der Waals surface area contributed by atoms with Crippen molar-refractivity contribution in [1.29, 1.82) is 0 Å². The fraction of sp³-hybridized carbons (Fsp3) is 0.357. The third-order valence-electron chi connectivity index (χ3n) is 2.95. The van der Waals surface area contributed by atoms with Crippen molar-refractivity contribution in [2.45, 2.75) is 32.7 Å². The number of nitrogens with zero attached hydrogens (tertiary/aromatic N) is 2. The van der Waals surface area contributed by atoms with Gasteiger partial charge in [0.1, 0.15) is 10.6 Å². The monoisotopic (exact) mass is 306 g/mol.